The molecule has 2 aromatic rings. The predicted octanol–water partition coefficient (Wildman–Crippen LogP) is 3.92. The Labute approximate surface area is 155 Å². The van der Waals surface area contributed by atoms with E-state index in [2.05, 4.69) is 5.32 Å². The summed E-state index contributed by atoms with van der Waals surface area (Å²) in [5, 5.41) is 12.2. The lowest BCUT2D eigenvalue weighted by Crippen LogP contribution is -2.48. The Hall–Kier alpha value is -2.28. The first kappa shape index (κ1) is 19.1. The van der Waals surface area contributed by atoms with Gasteiger partial charge in [-0.15, -0.1) is 0 Å². The minimum atomic E-state index is -0.895. The highest BCUT2D eigenvalue weighted by Crippen LogP contribution is 2.25. The third-order valence-electron chi connectivity index (χ3n) is 3.58. The quantitative estimate of drug-likeness (QED) is 0.542. The maximum Gasteiger partial charge on any atom is 0.322 e. The Balaban J connectivity index is 2.22. The first-order chi connectivity index (χ1) is 11.9. The van der Waals surface area contributed by atoms with Crippen LogP contribution >= 0.6 is 23.2 Å². The van der Waals surface area contributed by atoms with E-state index in [0.717, 1.165) is 5.56 Å². The molecule has 0 radical (unpaired) electrons. The molecule has 0 aliphatic heterocycles. The minimum absolute atomic E-state index is 0.183. The normalized spacial score (nSPS) is 11.5. The average Bonchev–Trinajstić information content (AvgIpc) is 2.62. The third-order valence-corrected chi connectivity index (χ3v) is 4.32. The van der Waals surface area contributed by atoms with Gasteiger partial charge >= 0.3 is 6.03 Å². The van der Waals surface area contributed by atoms with E-state index < -0.39 is 18.0 Å². The molecule has 2 rings (SSSR count). The molecule has 3 amide bonds. The standard InChI is InChI=1S/C17H17Cl2N3O3/c1-11(16(23)21-25)22(10-12-5-3-2-4-6-12)17(24)20-13-7-8-14(18)15(19)9-13/h2-9,11,25H,10H2,1H3,(H,20,24)(H,21,23)/t11-/m0/s1. The van der Waals surface area contributed by atoms with Crippen molar-refractivity contribution in [2.45, 2.75) is 19.5 Å². The molecule has 132 valence electrons. The lowest BCUT2D eigenvalue weighted by Gasteiger charge is -2.28. The van der Waals surface area contributed by atoms with Gasteiger partial charge in [-0.1, -0.05) is 53.5 Å². The molecule has 0 aliphatic rings. The third kappa shape index (κ3) is 5.09. The van der Waals surface area contributed by atoms with Gasteiger partial charge in [0.25, 0.3) is 5.91 Å². The molecule has 0 bridgehead atoms. The van der Waals surface area contributed by atoms with Crippen molar-refractivity contribution in [1.29, 1.82) is 0 Å². The zero-order valence-electron chi connectivity index (χ0n) is 13.4. The monoisotopic (exact) mass is 381 g/mol. The van der Waals surface area contributed by atoms with Gasteiger partial charge in [0.15, 0.2) is 0 Å². The molecule has 8 heteroatoms. The number of rotatable bonds is 5. The van der Waals surface area contributed by atoms with Gasteiger partial charge in [0.05, 0.1) is 10.0 Å². The Morgan fingerprint density at radius 3 is 2.40 bits per heavy atom. The summed E-state index contributed by atoms with van der Waals surface area (Å²) in [5.41, 5.74) is 2.84. The molecule has 6 nitrogen and oxygen atoms in total. The number of carbonyl (C=O) groups is 2. The van der Waals surface area contributed by atoms with E-state index in [9.17, 15) is 9.59 Å². The van der Waals surface area contributed by atoms with Crippen LogP contribution in [-0.4, -0.2) is 28.1 Å². The van der Waals surface area contributed by atoms with Gasteiger partial charge in [0.2, 0.25) is 0 Å². The number of urea groups is 1. The summed E-state index contributed by atoms with van der Waals surface area (Å²) in [7, 11) is 0. The van der Waals surface area contributed by atoms with Crippen LogP contribution in [-0.2, 0) is 11.3 Å². The number of halogens is 2. The van der Waals surface area contributed by atoms with Gasteiger partial charge < -0.3 is 10.2 Å². The molecule has 25 heavy (non-hydrogen) atoms. The van der Waals surface area contributed by atoms with Crippen molar-refractivity contribution in [1.82, 2.24) is 10.4 Å². The number of amides is 3. The summed E-state index contributed by atoms with van der Waals surface area (Å²) in [6.07, 6.45) is 0. The van der Waals surface area contributed by atoms with Gasteiger partial charge in [-0.05, 0) is 30.7 Å². The van der Waals surface area contributed by atoms with Gasteiger partial charge in [-0.3, -0.25) is 10.0 Å². The topological polar surface area (TPSA) is 81.7 Å². The van der Waals surface area contributed by atoms with Crippen molar-refractivity contribution in [3.63, 3.8) is 0 Å². The molecular weight excluding hydrogens is 365 g/mol. The summed E-state index contributed by atoms with van der Waals surface area (Å²) >= 11 is 11.8. The smallest absolute Gasteiger partial charge is 0.308 e. The number of anilines is 1. The van der Waals surface area contributed by atoms with Gasteiger partial charge in [-0.2, -0.15) is 0 Å². The van der Waals surface area contributed by atoms with Crippen LogP contribution in [0, 0.1) is 0 Å². The first-order valence-corrected chi connectivity index (χ1v) is 8.18. The second-order valence-corrected chi connectivity index (χ2v) is 6.14. The number of carbonyl (C=O) groups excluding carboxylic acids is 2. The summed E-state index contributed by atoms with van der Waals surface area (Å²) < 4.78 is 0. The number of benzene rings is 2. The van der Waals surface area contributed by atoms with E-state index in [4.69, 9.17) is 28.4 Å². The number of nitrogens with one attached hydrogen (secondary N) is 2. The highest BCUT2D eigenvalue weighted by atomic mass is 35.5. The molecule has 0 spiro atoms. The van der Waals surface area contributed by atoms with Crippen molar-refractivity contribution in [2.24, 2.45) is 0 Å². The zero-order valence-corrected chi connectivity index (χ0v) is 14.9. The fourth-order valence-electron chi connectivity index (χ4n) is 2.17. The molecule has 0 unspecified atom stereocenters. The summed E-state index contributed by atoms with van der Waals surface area (Å²) in [4.78, 5) is 25.7. The maximum atomic E-state index is 12.7. The number of hydroxylamine groups is 1. The Kier molecular flexibility index (Phi) is 6.64. The number of hydrogen-bond donors (Lipinski definition) is 3. The van der Waals surface area contributed by atoms with E-state index in [0.29, 0.717) is 15.7 Å². The average molecular weight is 382 g/mol. The molecule has 0 saturated carbocycles. The Bertz CT molecular complexity index is 756. The van der Waals surface area contributed by atoms with Crippen LogP contribution in [0.5, 0.6) is 0 Å². The van der Waals surface area contributed by atoms with E-state index >= 15 is 0 Å². The molecule has 3 N–H and O–H groups in total. The molecule has 0 aromatic heterocycles. The van der Waals surface area contributed by atoms with E-state index in [1.165, 1.54) is 17.9 Å². The van der Waals surface area contributed by atoms with E-state index in [1.807, 2.05) is 30.3 Å². The second kappa shape index (κ2) is 8.71. The molecule has 0 heterocycles. The van der Waals surface area contributed by atoms with E-state index in [-0.39, 0.29) is 6.54 Å². The van der Waals surface area contributed by atoms with E-state index in [1.54, 1.807) is 17.6 Å². The SMILES string of the molecule is C[C@@H](C(=O)NO)N(Cc1ccccc1)C(=O)Nc1ccc(Cl)c(Cl)c1. The largest absolute Gasteiger partial charge is 0.322 e. The van der Waals surface area contributed by atoms with Gasteiger partial charge in [-0.25, -0.2) is 10.3 Å². The molecule has 0 saturated heterocycles. The molecule has 0 aliphatic carbocycles. The van der Waals surface area contributed by atoms with Crippen LogP contribution in [0.2, 0.25) is 10.0 Å². The first-order valence-electron chi connectivity index (χ1n) is 7.43. The van der Waals surface area contributed by atoms with Crippen LogP contribution in [0.4, 0.5) is 10.5 Å². The number of nitrogens with zero attached hydrogens (tertiary/aromatic N) is 1. The summed E-state index contributed by atoms with van der Waals surface area (Å²) in [6.45, 7) is 1.70. The fraction of sp³-hybridized carbons (Fsp3) is 0.176. The van der Waals surface area contributed by atoms with Gasteiger partial charge in [0.1, 0.15) is 6.04 Å². The molecule has 1 atom stereocenters. The Morgan fingerprint density at radius 2 is 1.80 bits per heavy atom. The van der Waals surface area contributed by atoms with Crippen LogP contribution in [0.15, 0.2) is 48.5 Å². The van der Waals surface area contributed by atoms with Gasteiger partial charge in [0, 0.05) is 12.2 Å². The zero-order chi connectivity index (χ0) is 18.4. The second-order valence-electron chi connectivity index (χ2n) is 5.32. The van der Waals surface area contributed by atoms with Crippen LogP contribution in [0.25, 0.3) is 0 Å². The summed E-state index contributed by atoms with van der Waals surface area (Å²) in [5.74, 6) is -0.694. The summed E-state index contributed by atoms with van der Waals surface area (Å²) in [6, 6.07) is 12.5. The van der Waals surface area contributed by atoms with Crippen molar-refractivity contribution in [2.75, 3.05) is 5.32 Å². The highest BCUT2D eigenvalue weighted by Gasteiger charge is 2.26. The molecule has 0 fully saturated rings. The fourth-order valence-corrected chi connectivity index (χ4v) is 2.47. The molecule has 2 aromatic carbocycles. The maximum absolute atomic E-state index is 12.7. The lowest BCUT2D eigenvalue weighted by molar-refractivity contribution is -0.133. The van der Waals surface area contributed by atoms with Crippen LogP contribution in [0.3, 0.4) is 0 Å². The minimum Gasteiger partial charge on any atom is -0.308 e. The predicted molar refractivity (Wildman–Crippen MR) is 96.9 cm³/mol. The highest BCUT2D eigenvalue weighted by molar-refractivity contribution is 6.42. The number of hydrogen-bond acceptors (Lipinski definition) is 3. The van der Waals surface area contributed by atoms with Crippen molar-refractivity contribution in [3.8, 4) is 0 Å². The van der Waals surface area contributed by atoms with Crippen molar-refractivity contribution >= 4 is 40.8 Å². The van der Waals surface area contributed by atoms with Crippen molar-refractivity contribution in [3.05, 3.63) is 64.1 Å². The molecular formula is C17H17Cl2N3O3. The van der Waals surface area contributed by atoms with Crippen LogP contribution < -0.4 is 10.8 Å². The van der Waals surface area contributed by atoms with Crippen LogP contribution in [0.1, 0.15) is 12.5 Å². The van der Waals surface area contributed by atoms with Crippen molar-refractivity contribution < 1.29 is 14.8 Å². The lowest BCUT2D eigenvalue weighted by atomic mass is 10.2. The Morgan fingerprint density at radius 1 is 1.12 bits per heavy atom.